The minimum Gasteiger partial charge on any atom is -0.464 e. The largest absolute Gasteiger partial charge is 0.464 e. The van der Waals surface area contributed by atoms with Crippen LogP contribution < -0.4 is 11.4 Å². The molecule has 1 aliphatic rings. The number of carbonyl (C=O) groups is 2. The number of aromatic amines is 1. The van der Waals surface area contributed by atoms with Gasteiger partial charge in [-0.25, -0.2) is 33.5 Å². The first-order valence-corrected chi connectivity index (χ1v) is 7.80. The Morgan fingerprint density at radius 2 is 2.00 bits per heavy atom. The Kier molecular flexibility index (Phi) is 4.07. The number of rotatable bonds is 4. The molecule has 2 heterocycles. The zero-order valence-corrected chi connectivity index (χ0v) is 13.7. The van der Waals surface area contributed by atoms with Gasteiger partial charge in [0.1, 0.15) is 6.10 Å². The number of hydrogen-bond donors (Lipinski definition) is 1. The maximum absolute atomic E-state index is 12.8. The number of aromatic nitrogens is 3. The van der Waals surface area contributed by atoms with Crippen molar-refractivity contribution in [2.75, 3.05) is 6.61 Å². The number of H-pyrrole nitrogens is 1. The fourth-order valence-corrected chi connectivity index (χ4v) is 2.96. The first-order chi connectivity index (χ1) is 11.9. The van der Waals surface area contributed by atoms with Gasteiger partial charge in [-0.3, -0.25) is 0 Å². The average Bonchev–Trinajstić information content (AvgIpc) is 3.04. The molecule has 1 aromatic heterocycles. The highest BCUT2D eigenvalue weighted by molar-refractivity contribution is 6.03. The second-order valence-corrected chi connectivity index (χ2v) is 5.71. The van der Waals surface area contributed by atoms with Crippen molar-refractivity contribution in [1.82, 2.24) is 14.3 Å². The van der Waals surface area contributed by atoms with Gasteiger partial charge in [0.2, 0.25) is 0 Å². The summed E-state index contributed by atoms with van der Waals surface area (Å²) in [6, 6.07) is 8.17. The van der Waals surface area contributed by atoms with Gasteiger partial charge < -0.3 is 9.47 Å². The summed E-state index contributed by atoms with van der Waals surface area (Å²) in [4.78, 5) is 50.1. The Morgan fingerprint density at radius 3 is 2.56 bits per heavy atom. The van der Waals surface area contributed by atoms with Gasteiger partial charge in [0, 0.05) is 6.42 Å². The molecule has 2 aromatic rings. The second-order valence-electron chi connectivity index (χ2n) is 5.71. The van der Waals surface area contributed by atoms with Crippen LogP contribution >= 0.6 is 0 Å². The maximum Gasteiger partial charge on any atom is 0.353 e. The van der Waals surface area contributed by atoms with Gasteiger partial charge in [-0.1, -0.05) is 18.2 Å². The summed E-state index contributed by atoms with van der Waals surface area (Å²) in [5, 5.41) is 2.29. The van der Waals surface area contributed by atoms with Crippen molar-refractivity contribution in [2.45, 2.75) is 31.9 Å². The molecule has 1 N–H and O–H groups in total. The number of esters is 2. The van der Waals surface area contributed by atoms with E-state index in [1.807, 2.05) is 0 Å². The van der Waals surface area contributed by atoms with Gasteiger partial charge >= 0.3 is 23.3 Å². The maximum atomic E-state index is 12.8. The lowest BCUT2D eigenvalue weighted by atomic mass is 9.96. The normalized spacial score (nSPS) is 22.6. The zero-order valence-electron chi connectivity index (χ0n) is 13.7. The van der Waals surface area contributed by atoms with Crippen molar-refractivity contribution in [3.05, 3.63) is 51.3 Å². The number of para-hydroxylation sites is 1. The summed E-state index contributed by atoms with van der Waals surface area (Å²) in [6.07, 6.45) is -0.716. The Morgan fingerprint density at radius 1 is 1.32 bits per heavy atom. The molecule has 1 aliphatic heterocycles. The van der Waals surface area contributed by atoms with Gasteiger partial charge in [-0.05, 0) is 26.0 Å². The van der Waals surface area contributed by atoms with Gasteiger partial charge in [0.25, 0.3) is 5.54 Å². The molecule has 25 heavy (non-hydrogen) atoms. The number of cyclic esters (lactones) is 1. The molecule has 3 rings (SSSR count). The number of carbonyl (C=O) groups excluding carboxylic acids is 2. The van der Waals surface area contributed by atoms with Crippen molar-refractivity contribution < 1.29 is 19.1 Å². The molecular formula is C16H17N3O6. The third-order valence-electron chi connectivity index (χ3n) is 4.03. The van der Waals surface area contributed by atoms with Crippen molar-refractivity contribution in [1.29, 1.82) is 0 Å². The van der Waals surface area contributed by atoms with E-state index >= 15 is 0 Å². The highest BCUT2D eigenvalue weighted by Crippen LogP contribution is 2.32. The zero-order chi connectivity index (χ0) is 18.2. The van der Waals surface area contributed by atoms with Gasteiger partial charge in [-0.15, -0.1) is 0 Å². The van der Waals surface area contributed by atoms with Crippen LogP contribution in [-0.2, 0) is 24.6 Å². The van der Waals surface area contributed by atoms with Crippen LogP contribution in [0.15, 0.2) is 39.9 Å². The van der Waals surface area contributed by atoms with E-state index in [4.69, 9.17) is 9.47 Å². The molecule has 2 atom stereocenters. The summed E-state index contributed by atoms with van der Waals surface area (Å²) < 4.78 is 11.6. The van der Waals surface area contributed by atoms with E-state index in [2.05, 4.69) is 5.10 Å². The van der Waals surface area contributed by atoms with E-state index in [1.54, 1.807) is 44.2 Å². The summed E-state index contributed by atoms with van der Waals surface area (Å²) in [5.74, 6) is -1.87. The molecule has 0 radical (unpaired) electrons. The minimum absolute atomic E-state index is 0.0145. The summed E-state index contributed by atoms with van der Waals surface area (Å²) in [7, 11) is 0. The molecule has 0 spiro atoms. The SMILES string of the molecule is CCOC(=O)[C@@]1(n2[nH]c(=O)n(-c3ccccc3)c2=O)C[C@@H](C)OC1=O. The van der Waals surface area contributed by atoms with E-state index in [-0.39, 0.29) is 13.0 Å². The third kappa shape index (κ3) is 2.48. The quantitative estimate of drug-likeness (QED) is 0.611. The predicted octanol–water partition coefficient (Wildman–Crippen LogP) is -0.0789. The number of benzene rings is 1. The number of nitrogens with zero attached hydrogens (tertiary/aromatic N) is 2. The van der Waals surface area contributed by atoms with Crippen LogP contribution in [0.25, 0.3) is 5.69 Å². The fraction of sp³-hybridized carbons (Fsp3) is 0.375. The Labute approximate surface area is 141 Å². The Hall–Kier alpha value is -3.10. The molecule has 1 fully saturated rings. The summed E-state index contributed by atoms with van der Waals surface area (Å²) in [6.45, 7) is 3.19. The van der Waals surface area contributed by atoms with Gasteiger partial charge in [0.05, 0.1) is 12.3 Å². The fourth-order valence-electron chi connectivity index (χ4n) is 2.96. The van der Waals surface area contributed by atoms with Crippen molar-refractivity contribution >= 4 is 11.9 Å². The third-order valence-corrected chi connectivity index (χ3v) is 4.03. The van der Waals surface area contributed by atoms with Crippen molar-refractivity contribution in [3.8, 4) is 5.69 Å². The lowest BCUT2D eigenvalue weighted by Gasteiger charge is -2.22. The van der Waals surface area contributed by atoms with Gasteiger partial charge in [-0.2, -0.15) is 0 Å². The number of nitrogens with one attached hydrogen (secondary N) is 1. The first kappa shape index (κ1) is 16.7. The molecule has 0 saturated carbocycles. The molecule has 9 nitrogen and oxygen atoms in total. The highest BCUT2D eigenvalue weighted by atomic mass is 16.6. The monoisotopic (exact) mass is 347 g/mol. The van der Waals surface area contributed by atoms with Crippen LogP contribution in [0.3, 0.4) is 0 Å². The minimum atomic E-state index is -2.04. The summed E-state index contributed by atoms with van der Waals surface area (Å²) >= 11 is 0. The number of ether oxygens (including phenoxy) is 2. The molecule has 0 amide bonds. The first-order valence-electron chi connectivity index (χ1n) is 7.80. The topological polar surface area (TPSA) is 112 Å². The van der Waals surface area contributed by atoms with E-state index in [0.29, 0.717) is 10.4 Å². The molecule has 9 heteroatoms. The molecule has 1 aromatic carbocycles. The standard InChI is InChI=1S/C16H17N3O6/c1-3-24-12(20)16(9-10(2)25-13(16)21)19-15(23)18(14(22)17-19)11-7-5-4-6-8-11/h4-8,10H,3,9H2,1-2H3,(H,17,22)/t10-,16+/m1/s1. The van der Waals surface area contributed by atoms with Crippen LogP contribution in [0.5, 0.6) is 0 Å². The van der Waals surface area contributed by atoms with Crippen LogP contribution in [-0.4, -0.2) is 39.0 Å². The van der Waals surface area contributed by atoms with E-state index in [0.717, 1.165) is 4.57 Å². The second kappa shape index (κ2) is 6.08. The Balaban J connectivity index is 2.23. The molecular weight excluding hydrogens is 330 g/mol. The van der Waals surface area contributed by atoms with Gasteiger partial charge in [0.15, 0.2) is 0 Å². The van der Waals surface area contributed by atoms with Crippen LogP contribution in [0.2, 0.25) is 0 Å². The highest BCUT2D eigenvalue weighted by Gasteiger charge is 2.59. The van der Waals surface area contributed by atoms with Crippen LogP contribution in [0, 0.1) is 0 Å². The molecule has 0 unspecified atom stereocenters. The van der Waals surface area contributed by atoms with Crippen LogP contribution in [0.4, 0.5) is 0 Å². The van der Waals surface area contributed by atoms with Crippen molar-refractivity contribution in [2.24, 2.45) is 0 Å². The molecule has 0 aliphatic carbocycles. The van der Waals surface area contributed by atoms with E-state index < -0.39 is 35.0 Å². The lowest BCUT2D eigenvalue weighted by molar-refractivity contribution is -0.164. The smallest absolute Gasteiger partial charge is 0.353 e. The number of hydrogen-bond acceptors (Lipinski definition) is 6. The van der Waals surface area contributed by atoms with Crippen molar-refractivity contribution in [3.63, 3.8) is 0 Å². The van der Waals surface area contributed by atoms with Crippen LogP contribution in [0.1, 0.15) is 20.3 Å². The summed E-state index contributed by atoms with van der Waals surface area (Å²) in [5.41, 5.74) is -3.35. The Bertz CT molecular complexity index is 925. The van der Waals surface area contributed by atoms with E-state index in [9.17, 15) is 19.2 Å². The predicted molar refractivity (Wildman–Crippen MR) is 85.4 cm³/mol. The lowest BCUT2D eigenvalue weighted by Crippen LogP contribution is -2.52. The average molecular weight is 347 g/mol. The van der Waals surface area contributed by atoms with E-state index in [1.165, 1.54) is 0 Å². The molecule has 1 saturated heterocycles. The molecule has 0 bridgehead atoms. The molecule has 132 valence electrons.